The van der Waals surface area contributed by atoms with E-state index in [0.29, 0.717) is 6.61 Å². The molecule has 192 valence electrons. The molecule has 3 atom stereocenters. The summed E-state index contributed by atoms with van der Waals surface area (Å²) in [6.45, 7) is 3.46. The Balaban J connectivity index is 1.48. The van der Waals surface area contributed by atoms with E-state index >= 15 is 0 Å². The zero-order chi connectivity index (χ0) is 25.1. The third-order valence-corrected chi connectivity index (χ3v) is 6.77. The highest BCUT2D eigenvalue weighted by Crippen LogP contribution is 2.39. The van der Waals surface area contributed by atoms with Gasteiger partial charge in [-0.3, -0.25) is 0 Å². The largest absolute Gasteiger partial charge is 0.416 e. The maximum Gasteiger partial charge on any atom is 0.416 e. The number of hydrogen-bond acceptors (Lipinski definition) is 3. The Kier molecular flexibility index (Phi) is 8.08. The van der Waals surface area contributed by atoms with Crippen LogP contribution >= 0.6 is 0 Å². The first-order chi connectivity index (χ1) is 16.6. The highest BCUT2D eigenvalue weighted by atomic mass is 19.4. The molecule has 0 aliphatic carbocycles. The monoisotopic (exact) mass is 501 g/mol. The highest BCUT2D eigenvalue weighted by molar-refractivity contribution is 5.33. The van der Waals surface area contributed by atoms with Crippen LogP contribution in [0.4, 0.5) is 26.3 Å². The molecule has 0 aromatic heterocycles. The molecule has 9 heteroatoms. The summed E-state index contributed by atoms with van der Waals surface area (Å²) in [6.07, 6.45) is -7.24. The van der Waals surface area contributed by atoms with Crippen molar-refractivity contribution >= 4 is 0 Å². The predicted molar refractivity (Wildman–Crippen MR) is 119 cm³/mol. The van der Waals surface area contributed by atoms with Crippen molar-refractivity contribution in [3.05, 3.63) is 70.8 Å². The van der Waals surface area contributed by atoms with E-state index in [1.807, 2.05) is 30.3 Å². The van der Waals surface area contributed by atoms with E-state index in [1.165, 1.54) is 12.8 Å². The van der Waals surface area contributed by atoms with Gasteiger partial charge in [-0.1, -0.05) is 30.3 Å². The number of likely N-dealkylation sites (tertiary alicyclic amines) is 1. The molecule has 0 saturated carbocycles. The smallest absolute Gasteiger partial charge is 0.352 e. The molecule has 2 heterocycles. The Morgan fingerprint density at radius 2 is 1.51 bits per heavy atom. The number of hydrogen-bond donors (Lipinski definition) is 0. The van der Waals surface area contributed by atoms with Crippen molar-refractivity contribution < 1.29 is 35.8 Å². The van der Waals surface area contributed by atoms with Crippen LogP contribution in [0.1, 0.15) is 47.4 Å². The number of halogens is 6. The molecule has 0 N–H and O–H groups in total. The first-order valence-corrected chi connectivity index (χ1v) is 11.9. The predicted octanol–water partition coefficient (Wildman–Crippen LogP) is 6.53. The molecule has 4 rings (SSSR count). The molecule has 0 radical (unpaired) electrons. The quantitative estimate of drug-likeness (QED) is 0.403. The third-order valence-electron chi connectivity index (χ3n) is 6.77. The first-order valence-electron chi connectivity index (χ1n) is 11.9. The minimum absolute atomic E-state index is 0.0525. The fraction of sp³-hybridized carbons (Fsp3) is 0.538. The maximum atomic E-state index is 13.2. The van der Waals surface area contributed by atoms with E-state index in [2.05, 4.69) is 4.90 Å². The van der Waals surface area contributed by atoms with Gasteiger partial charge in [-0.2, -0.15) is 26.3 Å². The van der Waals surface area contributed by atoms with Crippen LogP contribution in [0.2, 0.25) is 0 Å². The van der Waals surface area contributed by atoms with Crippen LogP contribution in [0.25, 0.3) is 0 Å². The molecular formula is C26H29F6NO2. The van der Waals surface area contributed by atoms with Crippen molar-refractivity contribution in [3.63, 3.8) is 0 Å². The summed E-state index contributed by atoms with van der Waals surface area (Å²) in [7, 11) is 0. The lowest BCUT2D eigenvalue weighted by molar-refractivity contribution is -0.188. The summed E-state index contributed by atoms with van der Waals surface area (Å²) in [4.78, 5) is 2.43. The van der Waals surface area contributed by atoms with Crippen molar-refractivity contribution in [1.29, 1.82) is 0 Å². The summed E-state index contributed by atoms with van der Waals surface area (Å²) >= 11 is 0. The van der Waals surface area contributed by atoms with Gasteiger partial charge >= 0.3 is 12.4 Å². The van der Waals surface area contributed by atoms with Gasteiger partial charge in [0.15, 0.2) is 6.29 Å². The van der Waals surface area contributed by atoms with E-state index in [0.717, 1.165) is 43.8 Å². The van der Waals surface area contributed by atoms with Gasteiger partial charge < -0.3 is 14.4 Å². The van der Waals surface area contributed by atoms with Crippen LogP contribution in [-0.2, 0) is 28.2 Å². The van der Waals surface area contributed by atoms with Crippen LogP contribution < -0.4 is 0 Å². The van der Waals surface area contributed by atoms with Crippen LogP contribution in [0, 0.1) is 5.92 Å². The fourth-order valence-corrected chi connectivity index (χ4v) is 5.06. The number of ether oxygens (including phenoxy) is 2. The SMILES string of the molecule is FC(F)(F)c1cc(CCOC2OCCC(CN3CCCC3)C2c2ccccc2)cc(C(F)(F)F)c1. The maximum absolute atomic E-state index is 13.2. The Hall–Kier alpha value is -2.10. The standard InChI is InChI=1S/C26H29F6NO2/c27-25(28,29)21-14-18(15-22(16-21)26(30,31)32)8-12-34-24-23(19-6-2-1-3-7-19)20(9-13-35-24)17-33-10-4-5-11-33/h1-3,6-7,14-16,20,23-24H,4-5,8-13,17H2. The molecule has 3 nitrogen and oxygen atoms in total. The third kappa shape index (κ3) is 6.77. The number of alkyl halides is 6. The number of benzene rings is 2. The Morgan fingerprint density at radius 1 is 0.886 bits per heavy atom. The molecule has 0 spiro atoms. The molecule has 2 aromatic rings. The molecule has 2 aliphatic rings. The van der Waals surface area contributed by atoms with Crippen LogP contribution in [0.3, 0.4) is 0 Å². The average Bonchev–Trinajstić information content (AvgIpc) is 3.32. The second-order valence-electron chi connectivity index (χ2n) is 9.27. The number of rotatable bonds is 7. The van der Waals surface area contributed by atoms with Crippen molar-refractivity contribution in [2.75, 3.05) is 32.8 Å². The average molecular weight is 502 g/mol. The van der Waals surface area contributed by atoms with Gasteiger partial charge in [-0.25, -0.2) is 0 Å². The van der Waals surface area contributed by atoms with Crippen LogP contribution in [0.5, 0.6) is 0 Å². The zero-order valence-corrected chi connectivity index (χ0v) is 19.2. The van der Waals surface area contributed by atoms with Crippen molar-refractivity contribution in [2.24, 2.45) is 5.92 Å². The normalized spacial score (nSPS) is 24.1. The molecule has 2 saturated heterocycles. The molecule has 0 bridgehead atoms. The summed E-state index contributed by atoms with van der Waals surface area (Å²) in [6, 6.07) is 11.5. The topological polar surface area (TPSA) is 21.7 Å². The van der Waals surface area contributed by atoms with Gasteiger partial charge in [0.05, 0.1) is 24.3 Å². The van der Waals surface area contributed by atoms with Gasteiger partial charge in [0.25, 0.3) is 0 Å². The lowest BCUT2D eigenvalue weighted by Crippen LogP contribution is -2.42. The van der Waals surface area contributed by atoms with Crippen molar-refractivity contribution in [1.82, 2.24) is 4.90 Å². The molecule has 2 fully saturated rings. The van der Waals surface area contributed by atoms with Crippen molar-refractivity contribution in [2.45, 2.75) is 50.2 Å². The van der Waals surface area contributed by atoms with E-state index in [-0.39, 0.29) is 36.5 Å². The van der Waals surface area contributed by atoms with E-state index < -0.39 is 29.8 Å². The molecule has 35 heavy (non-hydrogen) atoms. The van der Waals surface area contributed by atoms with Gasteiger partial charge in [-0.15, -0.1) is 0 Å². The fourth-order valence-electron chi connectivity index (χ4n) is 5.06. The molecule has 2 aliphatic heterocycles. The second kappa shape index (κ2) is 10.9. The summed E-state index contributed by atoms with van der Waals surface area (Å²) < 4.78 is 91.0. The molecule has 0 amide bonds. The highest BCUT2D eigenvalue weighted by Gasteiger charge is 2.38. The van der Waals surface area contributed by atoms with Gasteiger partial charge in [0.1, 0.15) is 0 Å². The van der Waals surface area contributed by atoms with Crippen LogP contribution in [-0.4, -0.2) is 44.0 Å². The molecule has 2 aromatic carbocycles. The lowest BCUT2D eigenvalue weighted by Gasteiger charge is -2.40. The van der Waals surface area contributed by atoms with Gasteiger partial charge in [-0.05, 0) is 74.0 Å². The van der Waals surface area contributed by atoms with Crippen molar-refractivity contribution in [3.8, 4) is 0 Å². The minimum Gasteiger partial charge on any atom is -0.352 e. The second-order valence-corrected chi connectivity index (χ2v) is 9.27. The molecular weight excluding hydrogens is 472 g/mol. The van der Waals surface area contributed by atoms with E-state index in [4.69, 9.17) is 9.47 Å². The van der Waals surface area contributed by atoms with Gasteiger partial charge in [0.2, 0.25) is 0 Å². The lowest BCUT2D eigenvalue weighted by atomic mass is 9.81. The van der Waals surface area contributed by atoms with E-state index in [1.54, 1.807) is 0 Å². The van der Waals surface area contributed by atoms with Crippen LogP contribution in [0.15, 0.2) is 48.5 Å². The Labute approximate surface area is 201 Å². The summed E-state index contributed by atoms with van der Waals surface area (Å²) in [5.74, 6) is 0.206. The van der Waals surface area contributed by atoms with Gasteiger partial charge in [0, 0.05) is 12.5 Å². The minimum atomic E-state index is -4.87. The summed E-state index contributed by atoms with van der Waals surface area (Å²) in [5.41, 5.74) is -1.65. The Bertz CT molecular complexity index is 924. The Morgan fingerprint density at radius 3 is 2.11 bits per heavy atom. The zero-order valence-electron chi connectivity index (χ0n) is 19.2. The summed E-state index contributed by atoms with van der Waals surface area (Å²) in [5, 5.41) is 0. The number of nitrogens with zero attached hydrogens (tertiary/aromatic N) is 1. The molecule has 3 unspecified atom stereocenters. The van der Waals surface area contributed by atoms with E-state index in [9.17, 15) is 26.3 Å². The first kappa shape index (κ1) is 26.0.